The van der Waals surface area contributed by atoms with E-state index in [0.29, 0.717) is 19.6 Å². The first-order valence-corrected chi connectivity index (χ1v) is 13.4. The van der Waals surface area contributed by atoms with Crippen molar-refractivity contribution >= 4 is 33.2 Å². The number of rotatable bonds is 6. The molecular weight excluding hydrogens is 446 g/mol. The Morgan fingerprint density at radius 2 is 1.66 bits per heavy atom. The number of carbonyl (C=O) groups excluding carboxylic acids is 2. The van der Waals surface area contributed by atoms with Gasteiger partial charge in [0.25, 0.3) is 0 Å². The summed E-state index contributed by atoms with van der Waals surface area (Å²) < 4.78 is 26.9. The van der Waals surface area contributed by atoms with Crippen LogP contribution in [0.4, 0.5) is 0 Å². The van der Waals surface area contributed by atoms with Crippen LogP contribution in [-0.4, -0.2) is 67.1 Å². The molecule has 7 nitrogen and oxygen atoms in total. The Bertz CT molecular complexity index is 1060. The highest BCUT2D eigenvalue weighted by atomic mass is 32.2. The Morgan fingerprint density at radius 3 is 2.34 bits per heavy atom. The van der Waals surface area contributed by atoms with Gasteiger partial charge in [-0.3, -0.25) is 9.59 Å². The molecule has 9 heteroatoms. The van der Waals surface area contributed by atoms with Crippen molar-refractivity contribution in [2.45, 2.75) is 43.5 Å². The fraction of sp³-hybridized carbons (Fsp3) is 0.478. The Balaban J connectivity index is 1.29. The number of thiophene rings is 1. The highest BCUT2D eigenvalue weighted by molar-refractivity contribution is 7.89. The molecule has 1 aromatic carbocycles. The molecule has 1 atom stereocenters. The third-order valence-corrected chi connectivity index (χ3v) is 9.24. The van der Waals surface area contributed by atoms with E-state index in [0.717, 1.165) is 12.8 Å². The summed E-state index contributed by atoms with van der Waals surface area (Å²) in [7, 11) is -3.54. The number of nitrogens with zero attached hydrogens (tertiary/aromatic N) is 3. The zero-order valence-electron chi connectivity index (χ0n) is 18.3. The van der Waals surface area contributed by atoms with Crippen LogP contribution in [0.25, 0.3) is 0 Å². The Kier molecular flexibility index (Phi) is 6.97. The van der Waals surface area contributed by atoms with Crippen LogP contribution in [0.15, 0.2) is 46.7 Å². The number of piperazine rings is 1. The van der Waals surface area contributed by atoms with Gasteiger partial charge in [-0.2, -0.15) is 4.31 Å². The average Bonchev–Trinajstić information content (AvgIpc) is 3.31. The molecule has 2 aromatic rings. The van der Waals surface area contributed by atoms with Gasteiger partial charge in [-0.15, -0.1) is 11.3 Å². The van der Waals surface area contributed by atoms with E-state index in [4.69, 9.17) is 0 Å². The minimum Gasteiger partial charge on any atom is -0.340 e. The molecule has 0 saturated carbocycles. The molecule has 172 valence electrons. The van der Waals surface area contributed by atoms with Crippen molar-refractivity contribution in [3.05, 3.63) is 52.2 Å². The molecular formula is C23H29N3O4S2. The number of hydrogen-bond acceptors (Lipinski definition) is 5. The fourth-order valence-electron chi connectivity index (χ4n) is 4.57. The summed E-state index contributed by atoms with van der Waals surface area (Å²) in [6.45, 7) is 4.02. The second kappa shape index (κ2) is 9.72. The largest absolute Gasteiger partial charge is 0.340 e. The molecule has 2 aliphatic heterocycles. The van der Waals surface area contributed by atoms with Crippen LogP contribution in [0, 0.1) is 0 Å². The molecule has 1 saturated heterocycles. The average molecular weight is 476 g/mol. The normalized spacial score (nSPS) is 19.6. The van der Waals surface area contributed by atoms with Crippen molar-refractivity contribution in [2.24, 2.45) is 0 Å². The molecule has 0 bridgehead atoms. The van der Waals surface area contributed by atoms with Crippen LogP contribution in [0.1, 0.15) is 42.7 Å². The molecule has 1 aromatic heterocycles. The van der Waals surface area contributed by atoms with Crippen molar-refractivity contribution in [2.75, 3.05) is 32.7 Å². The maximum Gasteiger partial charge on any atom is 0.243 e. The van der Waals surface area contributed by atoms with Gasteiger partial charge < -0.3 is 9.80 Å². The second-order valence-corrected chi connectivity index (χ2v) is 11.1. The lowest BCUT2D eigenvalue weighted by Crippen LogP contribution is -2.50. The third-order valence-electron chi connectivity index (χ3n) is 6.33. The first-order chi connectivity index (χ1) is 15.4. The van der Waals surface area contributed by atoms with Gasteiger partial charge in [0.05, 0.1) is 10.9 Å². The van der Waals surface area contributed by atoms with Crippen LogP contribution in [0.3, 0.4) is 0 Å². The Hall–Kier alpha value is -2.23. The van der Waals surface area contributed by atoms with Crippen molar-refractivity contribution in [3.63, 3.8) is 0 Å². The molecule has 0 N–H and O–H groups in total. The first-order valence-electron chi connectivity index (χ1n) is 11.1. The quantitative estimate of drug-likeness (QED) is 0.644. The summed E-state index contributed by atoms with van der Waals surface area (Å²) in [5.41, 5.74) is 1.25. The maximum atomic E-state index is 12.9. The van der Waals surface area contributed by atoms with Gasteiger partial charge >= 0.3 is 0 Å². The second-order valence-electron chi connectivity index (χ2n) is 8.16. The smallest absolute Gasteiger partial charge is 0.243 e. The highest BCUT2D eigenvalue weighted by Gasteiger charge is 2.32. The van der Waals surface area contributed by atoms with Gasteiger partial charge in [0, 0.05) is 50.4 Å². The molecule has 1 fully saturated rings. The molecule has 4 rings (SSSR count). The van der Waals surface area contributed by atoms with E-state index in [1.165, 1.54) is 14.7 Å². The van der Waals surface area contributed by atoms with Gasteiger partial charge in [0.1, 0.15) is 0 Å². The van der Waals surface area contributed by atoms with Crippen molar-refractivity contribution in [1.82, 2.24) is 14.1 Å². The van der Waals surface area contributed by atoms with E-state index in [1.54, 1.807) is 46.6 Å². The zero-order chi connectivity index (χ0) is 22.7. The molecule has 3 heterocycles. The molecule has 2 aliphatic rings. The number of sulfonamides is 1. The first kappa shape index (κ1) is 22.9. The van der Waals surface area contributed by atoms with Gasteiger partial charge in [-0.05, 0) is 42.0 Å². The summed E-state index contributed by atoms with van der Waals surface area (Å²) >= 11 is 1.75. The van der Waals surface area contributed by atoms with E-state index in [-0.39, 0.29) is 48.7 Å². The van der Waals surface area contributed by atoms with Crippen LogP contribution in [0.2, 0.25) is 0 Å². The fourth-order valence-corrected chi connectivity index (χ4v) is 6.94. The van der Waals surface area contributed by atoms with Gasteiger partial charge in [0.15, 0.2) is 0 Å². The third kappa shape index (κ3) is 4.60. The number of benzene rings is 1. The van der Waals surface area contributed by atoms with Gasteiger partial charge in [-0.1, -0.05) is 25.1 Å². The standard InChI is InChI=1S/C23H29N3O4S2/c1-2-20-19-11-17-31-21(19)10-12-26(20)23(28)9-8-22(27)24-13-15-25(16-14-24)32(29,30)18-6-4-3-5-7-18/h3-7,11,17,20H,2,8-10,12-16H2,1H3/t20-/m1/s1. The predicted octanol–water partition coefficient (Wildman–Crippen LogP) is 2.90. The summed E-state index contributed by atoms with van der Waals surface area (Å²) in [6, 6.07) is 10.6. The highest BCUT2D eigenvalue weighted by Crippen LogP contribution is 2.35. The van der Waals surface area contributed by atoms with Crippen LogP contribution in [0.5, 0.6) is 0 Å². The number of hydrogen-bond donors (Lipinski definition) is 0. The summed E-state index contributed by atoms with van der Waals surface area (Å²) in [4.78, 5) is 30.8. The molecule has 0 unspecified atom stereocenters. The zero-order valence-corrected chi connectivity index (χ0v) is 19.9. The lowest BCUT2D eigenvalue weighted by Gasteiger charge is -2.36. The Labute approximate surface area is 193 Å². The molecule has 0 spiro atoms. The summed E-state index contributed by atoms with van der Waals surface area (Å²) in [6.07, 6.45) is 2.09. The minimum atomic E-state index is -3.54. The molecule has 0 radical (unpaired) electrons. The van der Waals surface area contributed by atoms with Crippen molar-refractivity contribution < 1.29 is 18.0 Å². The van der Waals surface area contributed by atoms with E-state index >= 15 is 0 Å². The van der Waals surface area contributed by atoms with Crippen molar-refractivity contribution in [3.8, 4) is 0 Å². The van der Waals surface area contributed by atoms with E-state index in [1.807, 2.05) is 4.90 Å². The van der Waals surface area contributed by atoms with E-state index in [9.17, 15) is 18.0 Å². The maximum absolute atomic E-state index is 12.9. The molecule has 2 amide bonds. The lowest BCUT2D eigenvalue weighted by atomic mass is 9.97. The number of fused-ring (bicyclic) bond motifs is 1. The van der Waals surface area contributed by atoms with Gasteiger partial charge in [0.2, 0.25) is 21.8 Å². The van der Waals surface area contributed by atoms with Crippen molar-refractivity contribution in [1.29, 1.82) is 0 Å². The summed E-state index contributed by atoms with van der Waals surface area (Å²) in [5, 5.41) is 2.09. The monoisotopic (exact) mass is 475 g/mol. The van der Waals surface area contributed by atoms with Crippen LogP contribution in [-0.2, 0) is 26.0 Å². The van der Waals surface area contributed by atoms with E-state index < -0.39 is 10.0 Å². The topological polar surface area (TPSA) is 78.0 Å². The summed E-state index contributed by atoms with van der Waals surface area (Å²) in [5.74, 6) is -0.0660. The lowest BCUT2D eigenvalue weighted by molar-refractivity contribution is -0.139. The minimum absolute atomic E-state index is 0.0207. The Morgan fingerprint density at radius 1 is 0.969 bits per heavy atom. The van der Waals surface area contributed by atoms with Crippen LogP contribution < -0.4 is 0 Å². The van der Waals surface area contributed by atoms with Crippen LogP contribution >= 0.6 is 11.3 Å². The predicted molar refractivity (Wildman–Crippen MR) is 124 cm³/mol. The molecule has 0 aliphatic carbocycles. The number of amides is 2. The number of carbonyl (C=O) groups is 2. The molecule has 32 heavy (non-hydrogen) atoms. The SMILES string of the molecule is CC[C@@H]1c2ccsc2CCN1C(=O)CCC(=O)N1CCN(S(=O)(=O)c2ccccc2)CC1. The van der Waals surface area contributed by atoms with Gasteiger partial charge in [-0.25, -0.2) is 8.42 Å². The van der Waals surface area contributed by atoms with E-state index in [2.05, 4.69) is 18.4 Å².